The first kappa shape index (κ1) is 22.9. The summed E-state index contributed by atoms with van der Waals surface area (Å²) in [5.41, 5.74) is 9.03. The number of fused-ring (bicyclic) bond motifs is 3. The second-order valence-electron chi connectivity index (χ2n) is 9.59. The van der Waals surface area contributed by atoms with E-state index in [1.807, 2.05) is 18.2 Å². The van der Waals surface area contributed by atoms with Crippen molar-refractivity contribution in [2.45, 2.75) is 0 Å². The van der Waals surface area contributed by atoms with Crippen molar-refractivity contribution < 1.29 is 0 Å². The predicted molar refractivity (Wildman–Crippen MR) is 165 cm³/mol. The highest BCUT2D eigenvalue weighted by Crippen LogP contribution is 2.37. The Labute approximate surface area is 228 Å². The summed E-state index contributed by atoms with van der Waals surface area (Å²) in [6, 6.07) is 55.5. The second-order valence-corrected chi connectivity index (χ2v) is 9.59. The van der Waals surface area contributed by atoms with Crippen LogP contribution in [-0.4, -0.2) is 4.57 Å². The van der Waals surface area contributed by atoms with Crippen LogP contribution in [0.2, 0.25) is 0 Å². The number of anilines is 5. The molecule has 1 aromatic heterocycles. The zero-order valence-corrected chi connectivity index (χ0v) is 21.4. The summed E-state index contributed by atoms with van der Waals surface area (Å²) >= 11 is 0. The van der Waals surface area contributed by atoms with Gasteiger partial charge in [0, 0.05) is 44.9 Å². The van der Waals surface area contributed by atoms with Crippen LogP contribution in [0.3, 0.4) is 0 Å². The van der Waals surface area contributed by atoms with Gasteiger partial charge < -0.3 is 14.8 Å². The van der Waals surface area contributed by atoms with Gasteiger partial charge in [0.15, 0.2) is 0 Å². The number of para-hydroxylation sites is 4. The third-order valence-electron chi connectivity index (χ3n) is 7.15. The van der Waals surface area contributed by atoms with E-state index in [-0.39, 0.29) is 0 Å². The molecule has 39 heavy (non-hydrogen) atoms. The maximum atomic E-state index is 3.48. The molecule has 0 aliphatic carbocycles. The molecule has 1 N–H and O–H groups in total. The van der Waals surface area contributed by atoms with Crippen molar-refractivity contribution in [2.75, 3.05) is 10.2 Å². The Morgan fingerprint density at radius 3 is 1.41 bits per heavy atom. The average molecular weight is 502 g/mol. The van der Waals surface area contributed by atoms with Gasteiger partial charge in [-0.2, -0.15) is 0 Å². The zero-order chi connectivity index (χ0) is 26.0. The van der Waals surface area contributed by atoms with Crippen LogP contribution < -0.4 is 10.2 Å². The Morgan fingerprint density at radius 1 is 0.385 bits per heavy atom. The van der Waals surface area contributed by atoms with Gasteiger partial charge in [0.1, 0.15) is 0 Å². The fraction of sp³-hybridized carbons (Fsp3) is 0. The maximum Gasteiger partial charge on any atom is 0.0541 e. The van der Waals surface area contributed by atoms with Crippen molar-refractivity contribution in [3.05, 3.63) is 158 Å². The van der Waals surface area contributed by atoms with Gasteiger partial charge in [-0.15, -0.1) is 0 Å². The van der Waals surface area contributed by atoms with Gasteiger partial charge in [-0.3, -0.25) is 0 Å². The van der Waals surface area contributed by atoms with E-state index in [9.17, 15) is 0 Å². The molecule has 3 nitrogen and oxygen atoms in total. The van der Waals surface area contributed by atoms with Crippen molar-refractivity contribution in [3.8, 4) is 5.69 Å². The number of hydrogen-bond donors (Lipinski definition) is 1. The molecule has 6 aromatic carbocycles. The van der Waals surface area contributed by atoms with Crippen LogP contribution in [0, 0.1) is 0 Å². The third-order valence-corrected chi connectivity index (χ3v) is 7.15. The van der Waals surface area contributed by atoms with E-state index in [4.69, 9.17) is 0 Å². The van der Waals surface area contributed by atoms with E-state index < -0.39 is 0 Å². The lowest BCUT2D eigenvalue weighted by atomic mass is 10.1. The van der Waals surface area contributed by atoms with Crippen molar-refractivity contribution in [3.63, 3.8) is 0 Å². The summed E-state index contributed by atoms with van der Waals surface area (Å²) in [6.07, 6.45) is 0. The molecule has 0 fully saturated rings. The van der Waals surface area contributed by atoms with E-state index in [0.717, 1.165) is 34.1 Å². The highest BCUT2D eigenvalue weighted by atomic mass is 15.1. The molecule has 0 saturated carbocycles. The van der Waals surface area contributed by atoms with Crippen molar-refractivity contribution in [2.24, 2.45) is 0 Å². The van der Waals surface area contributed by atoms with Gasteiger partial charge in [0.2, 0.25) is 0 Å². The average Bonchev–Trinajstić information content (AvgIpc) is 3.34. The van der Waals surface area contributed by atoms with Crippen LogP contribution in [0.5, 0.6) is 0 Å². The lowest BCUT2D eigenvalue weighted by Crippen LogP contribution is -2.10. The van der Waals surface area contributed by atoms with E-state index in [1.165, 1.54) is 21.8 Å². The van der Waals surface area contributed by atoms with E-state index >= 15 is 0 Å². The highest BCUT2D eigenvalue weighted by Gasteiger charge is 2.15. The fourth-order valence-corrected chi connectivity index (χ4v) is 5.36. The molecule has 0 unspecified atom stereocenters. The van der Waals surface area contributed by atoms with Gasteiger partial charge in [-0.25, -0.2) is 0 Å². The standard InChI is InChI=1S/C36H27N3/c1-3-11-27(12-4-1)37-28-19-21-30(22-20-28)38(29-13-5-2-6-14-29)31-23-25-32(26-24-31)39-35-17-9-7-15-33(35)34-16-8-10-18-36(34)39/h1-26,37H. The van der Waals surface area contributed by atoms with E-state index in [2.05, 4.69) is 154 Å². The Morgan fingerprint density at radius 2 is 0.821 bits per heavy atom. The molecule has 0 bridgehead atoms. The molecule has 0 atom stereocenters. The first-order chi connectivity index (χ1) is 19.3. The maximum absolute atomic E-state index is 3.48. The van der Waals surface area contributed by atoms with Crippen LogP contribution in [0.1, 0.15) is 0 Å². The molecule has 0 saturated heterocycles. The van der Waals surface area contributed by atoms with Gasteiger partial charge in [0.05, 0.1) is 11.0 Å². The SMILES string of the molecule is c1ccc(Nc2ccc(N(c3ccccc3)c3ccc(-n4c5ccccc5c5ccccc54)cc3)cc2)cc1. The number of aromatic nitrogens is 1. The fourth-order valence-electron chi connectivity index (χ4n) is 5.36. The van der Waals surface area contributed by atoms with Crippen LogP contribution in [0.25, 0.3) is 27.5 Å². The molecule has 1 heterocycles. The topological polar surface area (TPSA) is 20.2 Å². The first-order valence-corrected chi connectivity index (χ1v) is 13.2. The molecular formula is C36H27N3. The van der Waals surface area contributed by atoms with Gasteiger partial charge in [0.25, 0.3) is 0 Å². The number of nitrogens with one attached hydrogen (secondary N) is 1. The van der Waals surface area contributed by atoms with Crippen LogP contribution in [0.4, 0.5) is 28.4 Å². The molecule has 0 amide bonds. The number of nitrogens with zero attached hydrogens (tertiary/aromatic N) is 2. The minimum Gasteiger partial charge on any atom is -0.356 e. The Hall–Kier alpha value is -5.28. The van der Waals surface area contributed by atoms with Gasteiger partial charge >= 0.3 is 0 Å². The second kappa shape index (κ2) is 9.88. The molecule has 0 aliphatic heterocycles. The van der Waals surface area contributed by atoms with Gasteiger partial charge in [-0.1, -0.05) is 72.8 Å². The molecule has 7 aromatic rings. The Bertz CT molecular complexity index is 1800. The third kappa shape index (κ3) is 4.30. The van der Waals surface area contributed by atoms with Crippen molar-refractivity contribution in [1.82, 2.24) is 4.57 Å². The zero-order valence-electron chi connectivity index (χ0n) is 21.4. The first-order valence-electron chi connectivity index (χ1n) is 13.2. The van der Waals surface area contributed by atoms with Crippen LogP contribution in [-0.2, 0) is 0 Å². The molecule has 186 valence electrons. The largest absolute Gasteiger partial charge is 0.356 e. The number of benzene rings is 6. The molecule has 0 radical (unpaired) electrons. The molecule has 7 rings (SSSR count). The predicted octanol–water partition coefficient (Wildman–Crippen LogP) is 10.00. The molecule has 0 spiro atoms. The summed E-state index contributed by atoms with van der Waals surface area (Å²) in [5.74, 6) is 0. The summed E-state index contributed by atoms with van der Waals surface area (Å²) in [7, 11) is 0. The number of rotatable bonds is 6. The summed E-state index contributed by atoms with van der Waals surface area (Å²) in [4.78, 5) is 2.29. The Balaban J connectivity index is 1.28. The molecule has 0 aliphatic rings. The Kier molecular flexibility index (Phi) is 5.80. The van der Waals surface area contributed by atoms with Crippen LogP contribution in [0.15, 0.2) is 158 Å². The monoisotopic (exact) mass is 501 g/mol. The summed E-state index contributed by atoms with van der Waals surface area (Å²) < 4.78 is 2.35. The summed E-state index contributed by atoms with van der Waals surface area (Å²) in [6.45, 7) is 0. The normalized spacial score (nSPS) is 11.1. The summed E-state index contributed by atoms with van der Waals surface area (Å²) in [5, 5.41) is 6.02. The minimum absolute atomic E-state index is 1.06. The molecule has 3 heteroatoms. The molecular weight excluding hydrogens is 474 g/mol. The lowest BCUT2D eigenvalue weighted by molar-refractivity contribution is 1.17. The highest BCUT2D eigenvalue weighted by molar-refractivity contribution is 6.09. The van der Waals surface area contributed by atoms with E-state index in [0.29, 0.717) is 0 Å². The van der Waals surface area contributed by atoms with E-state index in [1.54, 1.807) is 0 Å². The minimum atomic E-state index is 1.06. The lowest BCUT2D eigenvalue weighted by Gasteiger charge is -2.26. The quantitative estimate of drug-likeness (QED) is 0.245. The van der Waals surface area contributed by atoms with Crippen molar-refractivity contribution >= 4 is 50.2 Å². The van der Waals surface area contributed by atoms with Crippen molar-refractivity contribution in [1.29, 1.82) is 0 Å². The number of hydrogen-bond acceptors (Lipinski definition) is 2. The van der Waals surface area contributed by atoms with Gasteiger partial charge in [-0.05, 0) is 84.9 Å². The van der Waals surface area contributed by atoms with Crippen LogP contribution >= 0.6 is 0 Å². The smallest absolute Gasteiger partial charge is 0.0541 e.